The average Bonchev–Trinajstić information content (AvgIpc) is 2.91. The monoisotopic (exact) mass is 471 g/mol. The first-order valence-corrected chi connectivity index (χ1v) is 10.4. The van der Waals surface area contributed by atoms with Crippen LogP contribution in [0, 0.1) is 0 Å². The summed E-state index contributed by atoms with van der Waals surface area (Å²) in [5.74, 6) is -0.0600. The van der Waals surface area contributed by atoms with Crippen molar-refractivity contribution in [3.05, 3.63) is 27.1 Å². The van der Waals surface area contributed by atoms with Gasteiger partial charge in [-0.1, -0.05) is 6.92 Å². The molecule has 1 saturated heterocycles. The third-order valence-corrected chi connectivity index (χ3v) is 5.41. The van der Waals surface area contributed by atoms with Crippen molar-refractivity contribution in [1.29, 1.82) is 0 Å². The second-order valence-electron chi connectivity index (χ2n) is 5.94. The molecule has 1 unspecified atom stereocenters. The minimum absolute atomic E-state index is 0.0103. The number of thioether (sulfide) groups is 1. The number of methoxy groups -OCH3 is 1. The highest BCUT2D eigenvalue weighted by atomic mass is 79.9. The molecule has 28 heavy (non-hydrogen) atoms. The second kappa shape index (κ2) is 9.97. The third-order valence-electron chi connectivity index (χ3n) is 3.91. The maximum Gasteiger partial charge on any atom is 0.325 e. The number of carbonyl (C=O) groups excluding carboxylic acids is 3. The molecule has 1 aromatic carbocycles. The van der Waals surface area contributed by atoms with Gasteiger partial charge in [0.15, 0.2) is 11.5 Å². The summed E-state index contributed by atoms with van der Waals surface area (Å²) < 4.78 is 16.8. The number of nitrogens with zero attached hydrogens (tertiary/aromatic N) is 1. The van der Waals surface area contributed by atoms with Crippen molar-refractivity contribution in [2.75, 3.05) is 20.3 Å². The van der Waals surface area contributed by atoms with Gasteiger partial charge < -0.3 is 14.2 Å². The molecule has 0 saturated carbocycles. The number of amides is 2. The predicted molar refractivity (Wildman–Crippen MR) is 110 cm³/mol. The topological polar surface area (TPSA) is 82.1 Å². The Morgan fingerprint density at radius 1 is 1.32 bits per heavy atom. The number of hydrogen-bond acceptors (Lipinski definition) is 7. The van der Waals surface area contributed by atoms with E-state index < -0.39 is 23.7 Å². The van der Waals surface area contributed by atoms with Gasteiger partial charge in [-0.3, -0.25) is 19.3 Å². The number of ether oxygens (including phenoxy) is 3. The number of benzene rings is 1. The van der Waals surface area contributed by atoms with E-state index in [2.05, 4.69) is 20.7 Å². The van der Waals surface area contributed by atoms with Gasteiger partial charge in [-0.15, -0.1) is 0 Å². The Kier molecular flexibility index (Phi) is 7.94. The molecule has 0 spiro atoms. The quantitative estimate of drug-likeness (QED) is 0.414. The Bertz CT molecular complexity index is 810. The molecule has 1 atom stereocenters. The van der Waals surface area contributed by atoms with Gasteiger partial charge in [-0.2, -0.15) is 0 Å². The van der Waals surface area contributed by atoms with Crippen molar-refractivity contribution < 1.29 is 28.6 Å². The molecular weight excluding hydrogens is 450 g/mol. The lowest BCUT2D eigenvalue weighted by Gasteiger charge is -2.18. The van der Waals surface area contributed by atoms with Crippen LogP contribution in [0.2, 0.25) is 0 Å². The van der Waals surface area contributed by atoms with Crippen molar-refractivity contribution in [3.63, 3.8) is 0 Å². The highest BCUT2D eigenvalue weighted by molar-refractivity contribution is 9.10. The van der Waals surface area contributed by atoms with Gasteiger partial charge in [0.2, 0.25) is 0 Å². The molecule has 1 aliphatic rings. The summed E-state index contributed by atoms with van der Waals surface area (Å²) >= 11 is 4.27. The second-order valence-corrected chi connectivity index (χ2v) is 7.79. The van der Waals surface area contributed by atoms with Gasteiger partial charge in [-0.25, -0.2) is 0 Å². The molecule has 2 rings (SSSR count). The largest absolute Gasteiger partial charge is 0.490 e. The summed E-state index contributed by atoms with van der Waals surface area (Å²) in [5.41, 5.74) is 0.662. The van der Waals surface area contributed by atoms with Crippen LogP contribution in [0.3, 0.4) is 0 Å². The number of rotatable bonds is 8. The summed E-state index contributed by atoms with van der Waals surface area (Å²) in [5, 5.41) is -0.512. The Morgan fingerprint density at radius 3 is 2.64 bits per heavy atom. The Hall–Kier alpha value is -2.00. The summed E-state index contributed by atoms with van der Waals surface area (Å²) in [6.45, 7) is 5.90. The van der Waals surface area contributed by atoms with E-state index in [9.17, 15) is 14.4 Å². The van der Waals surface area contributed by atoms with Crippen LogP contribution in [0.15, 0.2) is 21.5 Å². The normalized spacial score (nSPS) is 16.5. The van der Waals surface area contributed by atoms with Crippen LogP contribution in [-0.4, -0.2) is 48.4 Å². The van der Waals surface area contributed by atoms with Crippen LogP contribution in [-0.2, 0) is 14.3 Å². The highest BCUT2D eigenvalue weighted by Gasteiger charge is 2.36. The molecule has 0 N–H and O–H groups in total. The lowest BCUT2D eigenvalue weighted by molar-refractivity contribution is -0.143. The van der Waals surface area contributed by atoms with Crippen molar-refractivity contribution >= 4 is 50.9 Å². The lowest BCUT2D eigenvalue weighted by Crippen LogP contribution is -2.34. The number of halogens is 1. The molecule has 1 fully saturated rings. The standard InChI is InChI=1S/C19H22BrNO6S/c1-5-11(3)27-17-13(20)7-12(8-14(17)26-6-2)9-15-18(23)21(19(24)28-15)10-16(22)25-4/h7-9,11H,5-6,10H2,1-4H3/b15-9+. The van der Waals surface area contributed by atoms with E-state index in [0.717, 1.165) is 23.1 Å². The Labute approximate surface area is 176 Å². The lowest BCUT2D eigenvalue weighted by atomic mass is 10.1. The molecule has 2 amide bonds. The number of hydrogen-bond donors (Lipinski definition) is 0. The van der Waals surface area contributed by atoms with Crippen LogP contribution in [0.25, 0.3) is 6.08 Å². The SMILES string of the molecule is CCOc1cc(/C=C2/SC(=O)N(CC(=O)OC)C2=O)cc(Br)c1OC(C)CC. The molecule has 1 heterocycles. The molecule has 0 aliphatic carbocycles. The van der Waals surface area contributed by atoms with Crippen LogP contribution in [0.4, 0.5) is 4.79 Å². The molecule has 0 radical (unpaired) electrons. The molecule has 7 nitrogen and oxygen atoms in total. The summed E-state index contributed by atoms with van der Waals surface area (Å²) in [4.78, 5) is 37.0. The molecule has 0 aromatic heterocycles. The summed E-state index contributed by atoms with van der Waals surface area (Å²) in [6.07, 6.45) is 2.44. The van der Waals surface area contributed by atoms with Crippen molar-refractivity contribution in [1.82, 2.24) is 4.90 Å². The fraction of sp³-hybridized carbons (Fsp3) is 0.421. The van der Waals surface area contributed by atoms with E-state index >= 15 is 0 Å². The van der Waals surface area contributed by atoms with E-state index in [-0.39, 0.29) is 11.0 Å². The van der Waals surface area contributed by atoms with E-state index in [1.807, 2.05) is 20.8 Å². The summed E-state index contributed by atoms with van der Waals surface area (Å²) in [6, 6.07) is 3.54. The van der Waals surface area contributed by atoms with Gasteiger partial charge in [0, 0.05) is 0 Å². The average molecular weight is 472 g/mol. The molecule has 152 valence electrons. The molecule has 0 bridgehead atoms. The zero-order chi connectivity index (χ0) is 20.8. The Morgan fingerprint density at radius 2 is 2.04 bits per heavy atom. The first-order chi connectivity index (χ1) is 13.3. The van der Waals surface area contributed by atoms with Crippen LogP contribution in [0.1, 0.15) is 32.8 Å². The van der Waals surface area contributed by atoms with Crippen molar-refractivity contribution in [3.8, 4) is 11.5 Å². The van der Waals surface area contributed by atoms with Crippen molar-refractivity contribution in [2.24, 2.45) is 0 Å². The van der Waals surface area contributed by atoms with Crippen LogP contribution in [0.5, 0.6) is 11.5 Å². The Balaban J connectivity index is 2.33. The van der Waals surface area contributed by atoms with Gasteiger partial charge in [0.05, 0.1) is 29.2 Å². The van der Waals surface area contributed by atoms with Gasteiger partial charge >= 0.3 is 5.97 Å². The maximum atomic E-state index is 12.5. The molecule has 1 aromatic rings. The smallest absolute Gasteiger partial charge is 0.325 e. The first-order valence-electron chi connectivity index (χ1n) is 8.75. The third kappa shape index (κ3) is 5.29. The zero-order valence-electron chi connectivity index (χ0n) is 16.1. The number of carbonyl (C=O) groups is 3. The van der Waals surface area contributed by atoms with E-state index in [0.29, 0.717) is 28.1 Å². The molecule has 9 heteroatoms. The highest BCUT2D eigenvalue weighted by Crippen LogP contribution is 2.40. The predicted octanol–water partition coefficient (Wildman–Crippen LogP) is 4.23. The number of esters is 1. The van der Waals surface area contributed by atoms with E-state index in [1.165, 1.54) is 7.11 Å². The van der Waals surface area contributed by atoms with Crippen LogP contribution >= 0.6 is 27.7 Å². The summed E-state index contributed by atoms with van der Waals surface area (Å²) in [7, 11) is 1.20. The molecule has 1 aliphatic heterocycles. The van der Waals surface area contributed by atoms with Gasteiger partial charge in [0.1, 0.15) is 6.54 Å². The fourth-order valence-corrected chi connectivity index (χ4v) is 3.71. The zero-order valence-corrected chi connectivity index (χ0v) is 18.5. The molecular formula is C19H22BrNO6S. The van der Waals surface area contributed by atoms with E-state index in [4.69, 9.17) is 9.47 Å². The van der Waals surface area contributed by atoms with Crippen LogP contribution < -0.4 is 9.47 Å². The van der Waals surface area contributed by atoms with Gasteiger partial charge in [-0.05, 0) is 71.7 Å². The maximum absolute atomic E-state index is 12.5. The minimum atomic E-state index is -0.656. The first kappa shape index (κ1) is 22.3. The van der Waals surface area contributed by atoms with Crippen molar-refractivity contribution in [2.45, 2.75) is 33.3 Å². The fourth-order valence-electron chi connectivity index (χ4n) is 2.31. The van der Waals surface area contributed by atoms with E-state index in [1.54, 1.807) is 18.2 Å². The number of imide groups is 1. The van der Waals surface area contributed by atoms with Gasteiger partial charge in [0.25, 0.3) is 11.1 Å². The minimum Gasteiger partial charge on any atom is -0.490 e.